The predicted octanol–water partition coefficient (Wildman–Crippen LogP) is 3.50. The minimum Gasteiger partial charge on any atom is -0.312 e. The van der Waals surface area contributed by atoms with Gasteiger partial charge in [-0.3, -0.25) is 0 Å². The zero-order valence-corrected chi connectivity index (χ0v) is 14.2. The van der Waals surface area contributed by atoms with Crippen LogP contribution in [0.25, 0.3) is 0 Å². The van der Waals surface area contributed by atoms with Crippen LogP contribution in [0.2, 0.25) is 0 Å². The Labute approximate surface area is 130 Å². The van der Waals surface area contributed by atoms with Gasteiger partial charge in [0.15, 0.2) is 0 Å². The van der Waals surface area contributed by atoms with E-state index in [0.717, 1.165) is 12.5 Å². The number of fused-ring (bicyclic) bond motifs is 1. The molecule has 1 aromatic rings. The van der Waals surface area contributed by atoms with Gasteiger partial charge in [-0.05, 0) is 50.4 Å². The molecule has 0 radical (unpaired) electrons. The predicted molar refractivity (Wildman–Crippen MR) is 91.8 cm³/mol. The van der Waals surface area contributed by atoms with E-state index in [0.29, 0.717) is 12.1 Å². The summed E-state index contributed by atoms with van der Waals surface area (Å²) in [6.07, 6.45) is 6.24. The van der Waals surface area contributed by atoms with Gasteiger partial charge in [-0.15, -0.1) is 0 Å². The molecule has 0 aliphatic heterocycles. The zero-order chi connectivity index (χ0) is 15.2. The van der Waals surface area contributed by atoms with Crippen molar-refractivity contribution >= 4 is 0 Å². The molecule has 0 amide bonds. The van der Waals surface area contributed by atoms with E-state index in [9.17, 15) is 0 Å². The highest BCUT2D eigenvalue weighted by molar-refractivity contribution is 5.30. The summed E-state index contributed by atoms with van der Waals surface area (Å²) in [5.41, 5.74) is 3.10. The SMILES string of the molecule is CCC(CC)C(CNC1CCc2ccccc2C1)N(C)C. The van der Waals surface area contributed by atoms with Gasteiger partial charge in [0.25, 0.3) is 0 Å². The first-order valence-electron chi connectivity index (χ1n) is 8.62. The average Bonchev–Trinajstić information content (AvgIpc) is 2.51. The Balaban J connectivity index is 1.90. The third-order valence-electron chi connectivity index (χ3n) is 5.22. The van der Waals surface area contributed by atoms with E-state index < -0.39 is 0 Å². The van der Waals surface area contributed by atoms with E-state index in [-0.39, 0.29) is 0 Å². The van der Waals surface area contributed by atoms with Crippen molar-refractivity contribution in [1.29, 1.82) is 0 Å². The maximum atomic E-state index is 3.85. The fraction of sp³-hybridized carbons (Fsp3) is 0.684. The normalized spacial score (nSPS) is 19.8. The minimum atomic E-state index is 0.650. The molecule has 2 nitrogen and oxygen atoms in total. The van der Waals surface area contributed by atoms with Crippen LogP contribution in [0.5, 0.6) is 0 Å². The summed E-state index contributed by atoms with van der Waals surface area (Å²) in [4.78, 5) is 2.40. The lowest BCUT2D eigenvalue weighted by Gasteiger charge is -2.34. The largest absolute Gasteiger partial charge is 0.312 e. The van der Waals surface area contributed by atoms with Crippen LogP contribution in [-0.2, 0) is 12.8 Å². The first-order valence-corrected chi connectivity index (χ1v) is 8.62. The first-order chi connectivity index (χ1) is 10.2. The average molecular weight is 288 g/mol. The van der Waals surface area contributed by atoms with Crippen LogP contribution >= 0.6 is 0 Å². The lowest BCUT2D eigenvalue weighted by molar-refractivity contribution is 0.187. The van der Waals surface area contributed by atoms with Crippen LogP contribution in [0.1, 0.15) is 44.2 Å². The summed E-state index contributed by atoms with van der Waals surface area (Å²) >= 11 is 0. The van der Waals surface area contributed by atoms with E-state index in [1.165, 1.54) is 32.1 Å². The van der Waals surface area contributed by atoms with Gasteiger partial charge in [0.05, 0.1) is 0 Å². The summed E-state index contributed by atoms with van der Waals surface area (Å²) in [6, 6.07) is 10.2. The third kappa shape index (κ3) is 4.31. The van der Waals surface area contributed by atoms with Gasteiger partial charge in [-0.2, -0.15) is 0 Å². The molecule has 2 atom stereocenters. The molecule has 0 aromatic heterocycles. The number of nitrogens with zero attached hydrogens (tertiary/aromatic N) is 1. The second-order valence-corrected chi connectivity index (χ2v) is 6.72. The van der Waals surface area contributed by atoms with Gasteiger partial charge in [-0.1, -0.05) is 51.0 Å². The van der Waals surface area contributed by atoms with Crippen molar-refractivity contribution in [1.82, 2.24) is 10.2 Å². The van der Waals surface area contributed by atoms with Crippen LogP contribution in [0.4, 0.5) is 0 Å². The van der Waals surface area contributed by atoms with Crippen molar-refractivity contribution in [2.75, 3.05) is 20.6 Å². The molecule has 2 heteroatoms. The van der Waals surface area contributed by atoms with Gasteiger partial charge in [0.1, 0.15) is 0 Å². The van der Waals surface area contributed by atoms with Crippen molar-refractivity contribution in [2.45, 2.75) is 58.0 Å². The van der Waals surface area contributed by atoms with Crippen molar-refractivity contribution in [3.05, 3.63) is 35.4 Å². The molecule has 1 aliphatic rings. The molecule has 1 aliphatic carbocycles. The Morgan fingerprint density at radius 3 is 2.43 bits per heavy atom. The van der Waals surface area contributed by atoms with Crippen molar-refractivity contribution < 1.29 is 0 Å². The fourth-order valence-electron chi connectivity index (χ4n) is 3.76. The maximum Gasteiger partial charge on any atom is 0.0242 e. The van der Waals surface area contributed by atoms with Gasteiger partial charge >= 0.3 is 0 Å². The fourth-order valence-corrected chi connectivity index (χ4v) is 3.76. The lowest BCUT2D eigenvalue weighted by atomic mass is 9.87. The number of nitrogens with one attached hydrogen (secondary N) is 1. The molecule has 2 rings (SSSR count). The Morgan fingerprint density at radius 2 is 1.81 bits per heavy atom. The van der Waals surface area contributed by atoms with Crippen LogP contribution < -0.4 is 5.32 Å². The molecule has 2 unspecified atom stereocenters. The number of hydrogen-bond donors (Lipinski definition) is 1. The van der Waals surface area contributed by atoms with Crippen LogP contribution in [0.15, 0.2) is 24.3 Å². The van der Waals surface area contributed by atoms with Gasteiger partial charge < -0.3 is 10.2 Å². The van der Waals surface area contributed by atoms with Crippen LogP contribution in [-0.4, -0.2) is 37.6 Å². The highest BCUT2D eigenvalue weighted by Gasteiger charge is 2.23. The molecule has 0 spiro atoms. The molecule has 0 heterocycles. The first kappa shape index (κ1) is 16.5. The standard InChI is InChI=1S/C19H32N2/c1-5-15(6-2)19(21(3)4)14-20-18-12-11-16-9-7-8-10-17(16)13-18/h7-10,15,18-20H,5-6,11-14H2,1-4H3. The van der Waals surface area contributed by atoms with Gasteiger partial charge in [0, 0.05) is 18.6 Å². The Hall–Kier alpha value is -0.860. The van der Waals surface area contributed by atoms with E-state index in [1.54, 1.807) is 11.1 Å². The number of benzene rings is 1. The smallest absolute Gasteiger partial charge is 0.0242 e. The molecule has 1 aromatic carbocycles. The van der Waals surface area contributed by atoms with E-state index in [2.05, 4.69) is 62.4 Å². The highest BCUT2D eigenvalue weighted by atomic mass is 15.1. The third-order valence-corrected chi connectivity index (χ3v) is 5.22. The summed E-state index contributed by atoms with van der Waals surface area (Å²) in [5, 5.41) is 3.85. The highest BCUT2D eigenvalue weighted by Crippen LogP contribution is 2.22. The van der Waals surface area contributed by atoms with Crippen molar-refractivity contribution in [3.8, 4) is 0 Å². The van der Waals surface area contributed by atoms with Crippen molar-refractivity contribution in [2.24, 2.45) is 5.92 Å². The summed E-state index contributed by atoms with van der Waals surface area (Å²) < 4.78 is 0. The molecule has 21 heavy (non-hydrogen) atoms. The number of aryl methyl sites for hydroxylation is 1. The number of hydrogen-bond acceptors (Lipinski definition) is 2. The minimum absolute atomic E-state index is 0.650. The van der Waals surface area contributed by atoms with Crippen LogP contribution in [0.3, 0.4) is 0 Å². The molecular weight excluding hydrogens is 256 g/mol. The Morgan fingerprint density at radius 1 is 1.14 bits per heavy atom. The van der Waals surface area contributed by atoms with E-state index >= 15 is 0 Å². The van der Waals surface area contributed by atoms with Gasteiger partial charge in [-0.25, -0.2) is 0 Å². The summed E-state index contributed by atoms with van der Waals surface area (Å²) in [6.45, 7) is 5.76. The van der Waals surface area contributed by atoms with E-state index in [4.69, 9.17) is 0 Å². The second-order valence-electron chi connectivity index (χ2n) is 6.72. The molecule has 1 N–H and O–H groups in total. The maximum absolute atomic E-state index is 3.85. The quantitative estimate of drug-likeness (QED) is 0.826. The molecule has 0 fully saturated rings. The topological polar surface area (TPSA) is 15.3 Å². The lowest BCUT2D eigenvalue weighted by Crippen LogP contribution is -2.47. The molecule has 0 saturated heterocycles. The number of rotatable bonds is 7. The summed E-state index contributed by atoms with van der Waals surface area (Å²) in [5.74, 6) is 0.795. The van der Waals surface area contributed by atoms with Crippen molar-refractivity contribution in [3.63, 3.8) is 0 Å². The number of likely N-dealkylation sites (N-methyl/N-ethyl adjacent to an activating group) is 1. The zero-order valence-electron chi connectivity index (χ0n) is 14.2. The van der Waals surface area contributed by atoms with E-state index in [1.807, 2.05) is 0 Å². The molecule has 0 bridgehead atoms. The Bertz CT molecular complexity index is 423. The molecule has 0 saturated carbocycles. The molecule has 118 valence electrons. The van der Waals surface area contributed by atoms with Crippen LogP contribution in [0, 0.1) is 5.92 Å². The Kier molecular flexibility index (Phi) is 6.25. The molecular formula is C19H32N2. The summed E-state index contributed by atoms with van der Waals surface area (Å²) in [7, 11) is 4.45. The second kappa shape index (κ2) is 7.95. The monoisotopic (exact) mass is 288 g/mol. The van der Waals surface area contributed by atoms with Gasteiger partial charge in [0.2, 0.25) is 0 Å².